The van der Waals surface area contributed by atoms with Gasteiger partial charge in [0.15, 0.2) is 0 Å². The highest BCUT2D eigenvalue weighted by Gasteiger charge is 2.40. The van der Waals surface area contributed by atoms with Crippen LogP contribution in [0.2, 0.25) is 0 Å². The van der Waals surface area contributed by atoms with E-state index in [0.29, 0.717) is 16.7 Å². The topological polar surface area (TPSA) is 229 Å². The van der Waals surface area contributed by atoms with Gasteiger partial charge in [-0.25, -0.2) is 4.79 Å². The number of amides is 5. The van der Waals surface area contributed by atoms with E-state index in [1.165, 1.54) is 12.1 Å². The van der Waals surface area contributed by atoms with Crippen molar-refractivity contribution in [2.75, 3.05) is 12.3 Å². The van der Waals surface area contributed by atoms with Crippen molar-refractivity contribution in [3.63, 3.8) is 0 Å². The van der Waals surface area contributed by atoms with Crippen LogP contribution in [-0.4, -0.2) is 93.0 Å². The maximum Gasteiger partial charge on any atom is 0.326 e. The number of nitrogens with one attached hydrogen (secondary N) is 5. The van der Waals surface area contributed by atoms with Crippen LogP contribution in [0.4, 0.5) is 0 Å². The first-order chi connectivity index (χ1) is 25.6. The first kappa shape index (κ1) is 42.2. The number of nitrogens with two attached hydrogens (primary N) is 1. The molecule has 5 amide bonds. The van der Waals surface area contributed by atoms with Crippen molar-refractivity contribution < 1.29 is 39.0 Å². The highest BCUT2D eigenvalue weighted by atomic mass is 79.9. The molecular weight excluding hydrogens is 800 g/mol. The summed E-state index contributed by atoms with van der Waals surface area (Å²) < 4.78 is -0.274. The fraction of sp³-hybridized carbons (Fsp3) is 0.351. The van der Waals surface area contributed by atoms with Crippen LogP contribution in [0.1, 0.15) is 30.5 Å². The number of aromatic hydroxyl groups is 1. The predicted octanol–water partition coefficient (Wildman–Crippen LogP) is 1.82. The molecule has 9 N–H and O–H groups in total. The normalized spacial score (nSPS) is 20.5. The summed E-state index contributed by atoms with van der Waals surface area (Å²) in [6.45, 7) is 2.84. The van der Waals surface area contributed by atoms with Crippen molar-refractivity contribution >= 4 is 73.0 Å². The van der Waals surface area contributed by atoms with Crippen LogP contribution in [0.3, 0.4) is 0 Å². The Morgan fingerprint density at radius 2 is 1.54 bits per heavy atom. The number of carboxylic acids is 1. The molecule has 1 fully saturated rings. The lowest BCUT2D eigenvalue weighted by Gasteiger charge is -2.34. The van der Waals surface area contributed by atoms with Gasteiger partial charge in [-0.2, -0.15) is 0 Å². The molecule has 1 aliphatic rings. The van der Waals surface area contributed by atoms with Crippen LogP contribution < -0.4 is 32.3 Å². The molecule has 0 aromatic heterocycles. The van der Waals surface area contributed by atoms with Gasteiger partial charge < -0.3 is 42.5 Å². The van der Waals surface area contributed by atoms with Crippen molar-refractivity contribution in [3.05, 3.63) is 100 Å². The Morgan fingerprint density at radius 1 is 0.907 bits per heavy atom. The zero-order valence-corrected chi connectivity index (χ0v) is 32.8. The van der Waals surface area contributed by atoms with Crippen LogP contribution in [-0.2, 0) is 48.0 Å². The average molecular weight is 844 g/mol. The van der Waals surface area contributed by atoms with E-state index in [-0.39, 0.29) is 30.8 Å². The molecule has 14 nitrogen and oxygen atoms in total. The van der Waals surface area contributed by atoms with Crippen LogP contribution in [0.25, 0.3) is 0 Å². The van der Waals surface area contributed by atoms with Crippen molar-refractivity contribution in [2.45, 2.75) is 68.1 Å². The monoisotopic (exact) mass is 842 g/mol. The van der Waals surface area contributed by atoms with Crippen molar-refractivity contribution in [3.8, 4) is 5.75 Å². The summed E-state index contributed by atoms with van der Waals surface area (Å²) in [6.07, 6.45) is 0.138. The number of carbonyl (C=O) groups is 6. The second-order valence-electron chi connectivity index (χ2n) is 13.2. The second-order valence-corrected chi connectivity index (χ2v) is 17.1. The van der Waals surface area contributed by atoms with E-state index < -0.39 is 77.0 Å². The zero-order chi connectivity index (χ0) is 39.4. The van der Waals surface area contributed by atoms with Crippen LogP contribution in [0, 0.1) is 0 Å². The molecule has 0 bridgehead atoms. The van der Waals surface area contributed by atoms with Gasteiger partial charge in [-0.1, -0.05) is 92.1 Å². The number of rotatable bonds is 11. The number of hydrogen-bond acceptors (Lipinski definition) is 10. The molecule has 1 aliphatic heterocycles. The van der Waals surface area contributed by atoms with Gasteiger partial charge in [0, 0.05) is 27.8 Å². The molecule has 1 heterocycles. The Bertz CT molecular complexity index is 1800. The Morgan fingerprint density at radius 3 is 2.19 bits per heavy atom. The van der Waals surface area contributed by atoms with E-state index in [9.17, 15) is 39.0 Å². The van der Waals surface area contributed by atoms with Crippen LogP contribution in [0.5, 0.6) is 5.75 Å². The van der Waals surface area contributed by atoms with Crippen molar-refractivity contribution in [1.82, 2.24) is 26.6 Å². The summed E-state index contributed by atoms with van der Waals surface area (Å²) in [5.74, 6) is -4.77. The van der Waals surface area contributed by atoms with E-state index in [2.05, 4.69) is 42.5 Å². The highest BCUT2D eigenvalue weighted by Crippen LogP contribution is 2.39. The molecule has 0 saturated carbocycles. The van der Waals surface area contributed by atoms with Gasteiger partial charge in [-0.15, -0.1) is 0 Å². The lowest BCUT2D eigenvalue weighted by Crippen LogP contribution is -2.61. The van der Waals surface area contributed by atoms with E-state index in [1.54, 1.807) is 80.6 Å². The molecule has 288 valence electrons. The minimum Gasteiger partial charge on any atom is -0.508 e. The zero-order valence-electron chi connectivity index (χ0n) is 29.5. The largest absolute Gasteiger partial charge is 0.508 e. The van der Waals surface area contributed by atoms with Crippen molar-refractivity contribution in [2.24, 2.45) is 5.73 Å². The summed E-state index contributed by atoms with van der Waals surface area (Å²) in [5, 5.41) is 32.8. The molecule has 54 heavy (non-hydrogen) atoms. The lowest BCUT2D eigenvalue weighted by atomic mass is 10.0. The molecule has 2 unspecified atom stereocenters. The average Bonchev–Trinajstić information content (AvgIpc) is 3.13. The number of carbonyl (C=O) groups excluding carboxylic acids is 5. The third-order valence-electron chi connectivity index (χ3n) is 8.44. The smallest absolute Gasteiger partial charge is 0.326 e. The number of carboxylic acid groups (broad SMARTS) is 1. The third kappa shape index (κ3) is 12.8. The molecule has 1 saturated heterocycles. The Hall–Kier alpha value is -4.58. The third-order valence-corrected chi connectivity index (χ3v) is 12.3. The molecular formula is C37H43BrN6O8S2. The first-order valence-corrected chi connectivity index (χ1v) is 20.1. The molecule has 3 aromatic rings. The molecule has 0 radical (unpaired) electrons. The number of hydrogen-bond donors (Lipinski definition) is 8. The van der Waals surface area contributed by atoms with E-state index in [0.717, 1.165) is 26.1 Å². The lowest BCUT2D eigenvalue weighted by molar-refractivity contribution is -0.142. The fourth-order valence-electron chi connectivity index (χ4n) is 5.44. The predicted molar refractivity (Wildman–Crippen MR) is 210 cm³/mol. The molecule has 0 spiro atoms. The quantitative estimate of drug-likeness (QED) is 0.130. The van der Waals surface area contributed by atoms with Crippen LogP contribution >= 0.6 is 37.5 Å². The number of phenolic OH excluding ortho intramolecular Hbond substituents is 1. The Balaban J connectivity index is 1.59. The summed E-state index contributed by atoms with van der Waals surface area (Å²) in [6, 6.07) is 16.0. The highest BCUT2D eigenvalue weighted by molar-refractivity contribution is 9.10. The number of phenols is 1. The van der Waals surface area contributed by atoms with Gasteiger partial charge in [0.2, 0.25) is 29.5 Å². The fourth-order valence-corrected chi connectivity index (χ4v) is 8.52. The maximum atomic E-state index is 13.8. The number of aliphatic carboxylic acids is 1. The standard InChI is InChI=1S/C37H43BrN6O8S2/c1-37(2)31(44-32(47)26(39)16-22-10-14-25(45)15-11-22)35(50)40-19-30(46)41-27(17-23-8-12-24(38)13-9-23)33(48)43-29(20-53-54-37)34(49)42-28(36(51)52)18-21-6-4-3-5-7-21/h3-15,26-29,31,45H,16-20,39H2,1-2H3,(H,40,50)(H,41,46)(H,42,49)(H,43,48)(H,44,47)(H,51,52)/t26-,27?,28-,29?,31-/m0/s1. The minimum atomic E-state index is -1.31. The van der Waals surface area contributed by atoms with E-state index >= 15 is 0 Å². The van der Waals surface area contributed by atoms with Gasteiger partial charge in [-0.05, 0) is 61.2 Å². The Kier molecular flexibility index (Phi) is 15.4. The van der Waals surface area contributed by atoms with Gasteiger partial charge in [-0.3, -0.25) is 24.0 Å². The number of benzene rings is 3. The van der Waals surface area contributed by atoms with Gasteiger partial charge in [0.25, 0.3) is 0 Å². The van der Waals surface area contributed by atoms with Gasteiger partial charge in [0.05, 0.1) is 12.6 Å². The summed E-state index contributed by atoms with van der Waals surface area (Å²) in [7, 11) is 2.28. The van der Waals surface area contributed by atoms with E-state index in [4.69, 9.17) is 5.73 Å². The summed E-state index contributed by atoms with van der Waals surface area (Å²) in [5.41, 5.74) is 8.27. The molecule has 5 atom stereocenters. The number of halogens is 1. The van der Waals surface area contributed by atoms with Crippen molar-refractivity contribution in [1.29, 1.82) is 0 Å². The van der Waals surface area contributed by atoms with Gasteiger partial charge in [0.1, 0.15) is 29.9 Å². The van der Waals surface area contributed by atoms with Gasteiger partial charge >= 0.3 is 5.97 Å². The maximum absolute atomic E-state index is 13.8. The SMILES string of the molecule is CC1(C)SSCC(C(=O)N[C@@H](Cc2ccccc2)C(=O)O)NC(=O)C(Cc2ccc(Br)cc2)NC(=O)CNC(=O)[C@@H]1NC(=O)[C@@H](N)Cc1ccc(O)cc1. The molecule has 3 aromatic carbocycles. The summed E-state index contributed by atoms with van der Waals surface area (Å²) in [4.78, 5) is 80.1. The van der Waals surface area contributed by atoms with Crippen LogP contribution in [0.15, 0.2) is 83.3 Å². The molecule has 4 rings (SSSR count). The minimum absolute atomic E-state index is 0.00881. The van der Waals surface area contributed by atoms with E-state index in [1.807, 2.05) is 0 Å². The molecule has 17 heteroatoms. The summed E-state index contributed by atoms with van der Waals surface area (Å²) >= 11 is 3.37. The Labute approximate surface area is 329 Å². The molecule has 0 aliphatic carbocycles. The first-order valence-electron chi connectivity index (χ1n) is 16.9. The second kappa shape index (κ2) is 19.7.